The van der Waals surface area contributed by atoms with Crippen LogP contribution in [0.15, 0.2) is 15.9 Å². The van der Waals surface area contributed by atoms with E-state index in [-0.39, 0.29) is 42.7 Å². The Balaban J connectivity index is 2.02. The van der Waals surface area contributed by atoms with Crippen LogP contribution in [0.4, 0.5) is 0 Å². The molecule has 0 aliphatic rings. The van der Waals surface area contributed by atoms with E-state index in [1.807, 2.05) is 13.8 Å². The second kappa shape index (κ2) is 7.98. The fourth-order valence-electron chi connectivity index (χ4n) is 2.42. The number of carbonyl (C=O) groups is 2. The van der Waals surface area contributed by atoms with Crippen LogP contribution in [0.5, 0.6) is 0 Å². The monoisotopic (exact) mass is 365 g/mol. The second-order valence-electron chi connectivity index (χ2n) is 6.10. The molecule has 1 unspecified atom stereocenters. The lowest BCUT2D eigenvalue weighted by Gasteiger charge is -2.11. The van der Waals surface area contributed by atoms with Crippen LogP contribution in [0.2, 0.25) is 0 Å². The van der Waals surface area contributed by atoms with E-state index in [4.69, 9.17) is 4.74 Å². The van der Waals surface area contributed by atoms with Crippen LogP contribution in [0.25, 0.3) is 11.2 Å². The van der Waals surface area contributed by atoms with Gasteiger partial charge in [-0.15, -0.1) is 0 Å². The standard InChI is InChI=1S/C16H23N5O5/c1-5-10(2)18-11(22)8-26-12(23)6-7-21-9-17-14-13(21)15(24)20(4)16(25)19(14)3/h9-10H,5-8H2,1-4H3,(H,18,22). The van der Waals surface area contributed by atoms with Gasteiger partial charge in [-0.3, -0.25) is 23.5 Å². The normalized spacial score (nSPS) is 12.2. The van der Waals surface area contributed by atoms with Crippen LogP contribution >= 0.6 is 0 Å². The van der Waals surface area contributed by atoms with Gasteiger partial charge in [0.05, 0.1) is 12.7 Å². The van der Waals surface area contributed by atoms with Gasteiger partial charge in [-0.25, -0.2) is 9.78 Å². The van der Waals surface area contributed by atoms with Crippen molar-refractivity contribution in [3.63, 3.8) is 0 Å². The van der Waals surface area contributed by atoms with Crippen molar-refractivity contribution in [3.05, 3.63) is 27.2 Å². The predicted molar refractivity (Wildman–Crippen MR) is 93.7 cm³/mol. The summed E-state index contributed by atoms with van der Waals surface area (Å²) in [5.74, 6) is -0.919. The fraction of sp³-hybridized carbons (Fsp3) is 0.562. The van der Waals surface area contributed by atoms with E-state index in [2.05, 4.69) is 10.3 Å². The summed E-state index contributed by atoms with van der Waals surface area (Å²) < 4.78 is 8.68. The maximum absolute atomic E-state index is 12.3. The molecular weight excluding hydrogens is 342 g/mol. The molecule has 0 saturated carbocycles. The smallest absolute Gasteiger partial charge is 0.332 e. The van der Waals surface area contributed by atoms with Crippen molar-refractivity contribution in [2.24, 2.45) is 14.1 Å². The summed E-state index contributed by atoms with van der Waals surface area (Å²) in [7, 11) is 2.90. The zero-order chi connectivity index (χ0) is 19.4. The number of hydrogen-bond acceptors (Lipinski definition) is 6. The molecular formula is C16H23N5O5. The number of nitrogens with one attached hydrogen (secondary N) is 1. The van der Waals surface area contributed by atoms with Gasteiger partial charge in [0, 0.05) is 26.7 Å². The number of amides is 1. The number of esters is 1. The van der Waals surface area contributed by atoms with Crippen molar-refractivity contribution >= 4 is 23.0 Å². The molecule has 0 spiro atoms. The number of aryl methyl sites for hydroxylation is 2. The van der Waals surface area contributed by atoms with Crippen molar-refractivity contribution in [3.8, 4) is 0 Å². The zero-order valence-corrected chi connectivity index (χ0v) is 15.3. The lowest BCUT2D eigenvalue weighted by atomic mass is 10.2. The Morgan fingerprint density at radius 3 is 2.62 bits per heavy atom. The molecule has 1 atom stereocenters. The molecule has 0 aromatic carbocycles. The molecule has 1 amide bonds. The maximum Gasteiger partial charge on any atom is 0.332 e. The Hall–Kier alpha value is -2.91. The summed E-state index contributed by atoms with van der Waals surface area (Å²) in [6, 6.07) is 0.0152. The summed E-state index contributed by atoms with van der Waals surface area (Å²) in [5.41, 5.74) is -0.474. The molecule has 2 aromatic rings. The van der Waals surface area contributed by atoms with Crippen LogP contribution in [-0.4, -0.2) is 43.2 Å². The van der Waals surface area contributed by atoms with E-state index in [0.29, 0.717) is 0 Å². The third-order valence-corrected chi connectivity index (χ3v) is 4.16. The molecule has 0 aliphatic heterocycles. The predicted octanol–water partition coefficient (Wildman–Crippen LogP) is -0.718. The molecule has 0 saturated heterocycles. The van der Waals surface area contributed by atoms with Gasteiger partial charge in [-0.05, 0) is 13.3 Å². The van der Waals surface area contributed by atoms with E-state index in [1.54, 1.807) is 0 Å². The van der Waals surface area contributed by atoms with Crippen LogP contribution in [0.3, 0.4) is 0 Å². The van der Waals surface area contributed by atoms with Gasteiger partial charge in [0.1, 0.15) is 0 Å². The molecule has 26 heavy (non-hydrogen) atoms. The van der Waals surface area contributed by atoms with Crippen molar-refractivity contribution < 1.29 is 14.3 Å². The molecule has 2 aromatic heterocycles. The molecule has 10 heteroatoms. The highest BCUT2D eigenvalue weighted by atomic mass is 16.5. The molecule has 0 radical (unpaired) electrons. The van der Waals surface area contributed by atoms with Crippen LogP contribution < -0.4 is 16.6 Å². The minimum atomic E-state index is -0.562. The number of nitrogens with zero attached hydrogens (tertiary/aromatic N) is 4. The van der Waals surface area contributed by atoms with Gasteiger partial charge >= 0.3 is 11.7 Å². The number of carbonyl (C=O) groups excluding carboxylic acids is 2. The van der Waals surface area contributed by atoms with Crippen LogP contribution in [-0.2, 0) is 35.0 Å². The van der Waals surface area contributed by atoms with Crippen molar-refractivity contribution in [1.82, 2.24) is 24.0 Å². The molecule has 0 fully saturated rings. The minimum absolute atomic E-state index is 0.0152. The first kappa shape index (κ1) is 19.4. The quantitative estimate of drug-likeness (QED) is 0.647. The van der Waals surface area contributed by atoms with Crippen LogP contribution in [0.1, 0.15) is 26.7 Å². The highest BCUT2D eigenvalue weighted by molar-refractivity contribution is 5.80. The van der Waals surface area contributed by atoms with Gasteiger partial charge in [0.15, 0.2) is 17.8 Å². The Kier molecular flexibility index (Phi) is 5.96. The van der Waals surface area contributed by atoms with E-state index < -0.39 is 17.2 Å². The molecule has 0 aliphatic carbocycles. The maximum atomic E-state index is 12.3. The van der Waals surface area contributed by atoms with E-state index in [0.717, 1.165) is 11.0 Å². The summed E-state index contributed by atoms with van der Waals surface area (Å²) in [6.45, 7) is 3.60. The number of imidazole rings is 1. The van der Waals surface area contributed by atoms with E-state index in [9.17, 15) is 19.2 Å². The lowest BCUT2D eigenvalue weighted by Crippen LogP contribution is -2.37. The van der Waals surface area contributed by atoms with Gasteiger partial charge in [0.25, 0.3) is 11.5 Å². The first-order valence-electron chi connectivity index (χ1n) is 8.32. The lowest BCUT2D eigenvalue weighted by molar-refractivity contribution is -0.148. The van der Waals surface area contributed by atoms with E-state index in [1.165, 1.54) is 29.6 Å². The summed E-state index contributed by atoms with van der Waals surface area (Å²) in [5, 5.41) is 2.70. The van der Waals surface area contributed by atoms with Gasteiger partial charge in [-0.1, -0.05) is 6.92 Å². The molecule has 0 bridgehead atoms. The summed E-state index contributed by atoms with van der Waals surface area (Å²) in [4.78, 5) is 51.7. The fourth-order valence-corrected chi connectivity index (χ4v) is 2.42. The molecule has 10 nitrogen and oxygen atoms in total. The molecule has 2 rings (SSSR count). The Morgan fingerprint density at radius 2 is 1.96 bits per heavy atom. The van der Waals surface area contributed by atoms with Crippen molar-refractivity contribution in [2.75, 3.05) is 6.61 Å². The van der Waals surface area contributed by atoms with Crippen LogP contribution in [0, 0.1) is 0 Å². The number of hydrogen-bond donors (Lipinski definition) is 1. The number of ether oxygens (including phenoxy) is 1. The van der Waals surface area contributed by atoms with Gasteiger partial charge in [-0.2, -0.15) is 0 Å². The largest absolute Gasteiger partial charge is 0.456 e. The SMILES string of the molecule is CCC(C)NC(=O)COC(=O)CCn1cnc2c1c(=O)n(C)c(=O)n2C. The number of aromatic nitrogens is 4. The Morgan fingerprint density at radius 1 is 1.27 bits per heavy atom. The third kappa shape index (κ3) is 4.01. The van der Waals surface area contributed by atoms with Crippen molar-refractivity contribution in [2.45, 2.75) is 39.3 Å². The third-order valence-electron chi connectivity index (χ3n) is 4.16. The first-order valence-corrected chi connectivity index (χ1v) is 8.32. The summed E-state index contributed by atoms with van der Waals surface area (Å²) in [6.07, 6.45) is 2.15. The van der Waals surface area contributed by atoms with E-state index >= 15 is 0 Å². The molecule has 142 valence electrons. The number of fused-ring (bicyclic) bond motifs is 1. The minimum Gasteiger partial charge on any atom is -0.456 e. The summed E-state index contributed by atoms with van der Waals surface area (Å²) >= 11 is 0. The highest BCUT2D eigenvalue weighted by Gasteiger charge is 2.15. The van der Waals surface area contributed by atoms with Crippen molar-refractivity contribution in [1.29, 1.82) is 0 Å². The average Bonchev–Trinajstić information content (AvgIpc) is 3.05. The molecule has 1 N–H and O–H groups in total. The number of rotatable bonds is 7. The zero-order valence-electron chi connectivity index (χ0n) is 15.3. The molecule has 2 heterocycles. The average molecular weight is 365 g/mol. The van der Waals surface area contributed by atoms with Gasteiger partial charge < -0.3 is 14.6 Å². The highest BCUT2D eigenvalue weighted by Crippen LogP contribution is 2.06. The Bertz CT molecular complexity index is 939. The topological polar surface area (TPSA) is 117 Å². The second-order valence-corrected chi connectivity index (χ2v) is 6.10. The van der Waals surface area contributed by atoms with Gasteiger partial charge in [0.2, 0.25) is 0 Å². The Labute approximate surface area is 149 Å². The first-order chi connectivity index (χ1) is 12.3.